The van der Waals surface area contributed by atoms with Crippen LogP contribution in [0, 0.1) is 11.7 Å². The third-order valence-electron chi connectivity index (χ3n) is 7.62. The average molecular weight is 552 g/mol. The topological polar surface area (TPSA) is 108 Å². The van der Waals surface area contributed by atoms with Crippen molar-refractivity contribution >= 4 is 37.8 Å². The van der Waals surface area contributed by atoms with Gasteiger partial charge < -0.3 is 25.8 Å². The molecule has 3 aliphatic rings. The first-order valence-electron chi connectivity index (χ1n) is 13.0. The molecule has 0 aromatic carbocycles. The van der Waals surface area contributed by atoms with E-state index in [-0.39, 0.29) is 28.8 Å². The zero-order valence-corrected chi connectivity index (χ0v) is 22.6. The molecule has 202 valence electrons. The van der Waals surface area contributed by atoms with E-state index < -0.39 is 9.52 Å². The first-order chi connectivity index (χ1) is 17.8. The summed E-state index contributed by atoms with van der Waals surface area (Å²) < 4.78 is 31.9. The van der Waals surface area contributed by atoms with Crippen LogP contribution in [0.1, 0.15) is 38.5 Å². The maximum atomic E-state index is 14.5. The van der Waals surface area contributed by atoms with Crippen LogP contribution in [0.4, 0.5) is 16.0 Å². The average Bonchev–Trinajstić information content (AvgIpc) is 2.90. The summed E-state index contributed by atoms with van der Waals surface area (Å²) in [6, 6.07) is 5.33. The normalized spacial score (nSPS) is 28.5. The van der Waals surface area contributed by atoms with Crippen molar-refractivity contribution in [3.05, 3.63) is 35.2 Å². The lowest BCUT2D eigenvalue weighted by Gasteiger charge is -2.36. The number of aliphatic hydroxyl groups excluding tert-OH is 1. The highest BCUT2D eigenvalue weighted by Crippen LogP contribution is 2.31. The smallest absolute Gasteiger partial charge is 0.165 e. The van der Waals surface area contributed by atoms with Crippen molar-refractivity contribution in [1.82, 2.24) is 15.3 Å². The Bertz CT molecular complexity index is 1240. The fraction of sp³-hybridized carbons (Fsp3) is 0.577. The predicted molar refractivity (Wildman–Crippen MR) is 148 cm³/mol. The van der Waals surface area contributed by atoms with E-state index in [1.165, 1.54) is 6.07 Å². The molecule has 2 aliphatic heterocycles. The van der Waals surface area contributed by atoms with Crippen LogP contribution >= 0.6 is 11.6 Å². The number of anilines is 2. The van der Waals surface area contributed by atoms with E-state index in [1.807, 2.05) is 6.07 Å². The fourth-order valence-electron chi connectivity index (χ4n) is 5.32. The molecule has 2 fully saturated rings. The van der Waals surface area contributed by atoms with E-state index in [1.54, 1.807) is 18.5 Å². The van der Waals surface area contributed by atoms with Crippen LogP contribution in [0.2, 0.25) is 5.02 Å². The Hall–Kier alpha value is -1.98. The van der Waals surface area contributed by atoms with Crippen molar-refractivity contribution in [3.63, 3.8) is 0 Å². The number of halogens is 2. The lowest BCUT2D eigenvalue weighted by molar-refractivity contribution is 0.0699. The largest absolute Gasteiger partial charge is 0.381 e. The van der Waals surface area contributed by atoms with Crippen molar-refractivity contribution in [2.45, 2.75) is 56.7 Å². The molecule has 4 heterocycles. The van der Waals surface area contributed by atoms with Gasteiger partial charge in [-0.2, -0.15) is 0 Å². The van der Waals surface area contributed by atoms with Crippen LogP contribution in [0.5, 0.6) is 0 Å². The highest BCUT2D eigenvalue weighted by molar-refractivity contribution is 8.03. The van der Waals surface area contributed by atoms with Gasteiger partial charge in [-0.3, -0.25) is 4.21 Å². The van der Waals surface area contributed by atoms with E-state index in [9.17, 15) is 13.7 Å². The second-order valence-corrected chi connectivity index (χ2v) is 13.6. The Balaban J connectivity index is 1.19. The summed E-state index contributed by atoms with van der Waals surface area (Å²) in [6.45, 7) is 2.14. The van der Waals surface area contributed by atoms with Crippen LogP contribution in [0.15, 0.2) is 24.4 Å². The zero-order valence-electron chi connectivity index (χ0n) is 21.0. The molecular weight excluding hydrogens is 517 g/mol. The van der Waals surface area contributed by atoms with Gasteiger partial charge in [0.25, 0.3) is 0 Å². The second-order valence-electron chi connectivity index (χ2n) is 10.4. The van der Waals surface area contributed by atoms with Gasteiger partial charge in [0.15, 0.2) is 11.6 Å². The van der Waals surface area contributed by atoms with E-state index in [0.717, 1.165) is 51.7 Å². The summed E-state index contributed by atoms with van der Waals surface area (Å²) in [7, 11) is -2.16. The molecule has 5 rings (SSSR count). The summed E-state index contributed by atoms with van der Waals surface area (Å²) in [5.41, 5.74) is 1.28. The van der Waals surface area contributed by atoms with E-state index in [0.29, 0.717) is 46.4 Å². The number of hydrogen-bond acceptors (Lipinski definition) is 7. The SMILES string of the molecule is CS1(=O)=C(O)[C@@H](NC2CCC(Nc3cc(-c4ccc(F)c(NCC5CCOCC5)n4)c(Cl)cn3)CC2)C1. The minimum atomic E-state index is -2.16. The Kier molecular flexibility index (Phi) is 8.21. The summed E-state index contributed by atoms with van der Waals surface area (Å²) >= 11 is 6.47. The molecule has 1 aliphatic carbocycles. The highest BCUT2D eigenvalue weighted by Gasteiger charge is 2.34. The summed E-state index contributed by atoms with van der Waals surface area (Å²) in [6.07, 6.45) is 8.93. The van der Waals surface area contributed by atoms with Gasteiger partial charge in [0, 0.05) is 55.6 Å². The van der Waals surface area contributed by atoms with E-state index in [4.69, 9.17) is 16.3 Å². The van der Waals surface area contributed by atoms with Crippen molar-refractivity contribution in [3.8, 4) is 11.3 Å². The Morgan fingerprint density at radius 3 is 2.59 bits per heavy atom. The number of aliphatic hydroxyl groups is 1. The number of nitrogens with one attached hydrogen (secondary N) is 3. The van der Waals surface area contributed by atoms with Crippen molar-refractivity contribution in [2.75, 3.05) is 42.4 Å². The van der Waals surface area contributed by atoms with Gasteiger partial charge >= 0.3 is 0 Å². The molecule has 1 saturated carbocycles. The van der Waals surface area contributed by atoms with E-state index in [2.05, 4.69) is 25.9 Å². The molecular formula is C26H35ClFN5O3S. The minimum absolute atomic E-state index is 0.113. The first-order valence-corrected chi connectivity index (χ1v) is 15.5. The van der Waals surface area contributed by atoms with Crippen molar-refractivity contribution in [2.24, 2.45) is 5.92 Å². The van der Waals surface area contributed by atoms with Crippen molar-refractivity contribution in [1.29, 1.82) is 0 Å². The molecule has 0 amide bonds. The quantitative estimate of drug-likeness (QED) is 0.364. The van der Waals surface area contributed by atoms with Gasteiger partial charge in [0.1, 0.15) is 10.9 Å². The molecule has 0 radical (unpaired) electrons. The number of rotatable bonds is 8. The summed E-state index contributed by atoms with van der Waals surface area (Å²) in [4.78, 5) is 8.99. The number of hydrogen-bond donors (Lipinski definition) is 4. The van der Waals surface area contributed by atoms with Gasteiger partial charge in [0.2, 0.25) is 0 Å². The summed E-state index contributed by atoms with van der Waals surface area (Å²) in [5, 5.41) is 20.7. The molecule has 1 unspecified atom stereocenters. The molecule has 0 bridgehead atoms. The molecule has 1 saturated heterocycles. The van der Waals surface area contributed by atoms with Crippen LogP contribution in [-0.2, 0) is 14.3 Å². The van der Waals surface area contributed by atoms with Crippen LogP contribution < -0.4 is 16.0 Å². The maximum absolute atomic E-state index is 14.5. The molecule has 2 aromatic heterocycles. The van der Waals surface area contributed by atoms with Gasteiger partial charge in [0.05, 0.1) is 16.8 Å². The lowest BCUT2D eigenvalue weighted by atomic mass is 9.90. The standard InChI is InChI=1S/C26H35ClFN5O3S/c1-37(35)15-23(26(37)34)31-17-2-4-18(5-3-17)32-24-12-19(20(27)14-29-24)22-7-6-21(28)25(33-22)30-13-16-8-10-36-11-9-16/h6-7,12,14,16-18,23,31,34H,2-5,8-11,13,15H2,1H3,(H,29,32)(H,30,33)/t17?,18?,23-,37?/m0/s1. The third kappa shape index (κ3) is 6.37. The van der Waals surface area contributed by atoms with Crippen LogP contribution in [0.3, 0.4) is 0 Å². The molecule has 11 heteroatoms. The first kappa shape index (κ1) is 26.6. The fourth-order valence-corrected chi connectivity index (χ4v) is 7.03. The lowest BCUT2D eigenvalue weighted by Crippen LogP contribution is -2.57. The Labute approximate surface area is 222 Å². The van der Waals surface area contributed by atoms with Gasteiger partial charge in [-0.1, -0.05) is 11.6 Å². The molecule has 0 spiro atoms. The number of nitrogens with zero attached hydrogens (tertiary/aromatic N) is 2. The van der Waals surface area contributed by atoms with Crippen LogP contribution in [-0.4, -0.2) is 74.2 Å². The Morgan fingerprint density at radius 1 is 1.16 bits per heavy atom. The molecule has 4 N–H and O–H groups in total. The van der Waals surface area contributed by atoms with Crippen LogP contribution in [0.25, 0.3) is 11.3 Å². The number of ether oxygens (including phenoxy) is 1. The minimum Gasteiger partial charge on any atom is -0.381 e. The van der Waals surface area contributed by atoms with Gasteiger partial charge in [-0.05, 0) is 72.2 Å². The Morgan fingerprint density at radius 2 is 1.89 bits per heavy atom. The molecule has 37 heavy (non-hydrogen) atoms. The summed E-state index contributed by atoms with van der Waals surface area (Å²) in [5.74, 6) is 1.49. The maximum Gasteiger partial charge on any atom is 0.165 e. The predicted octanol–water partition coefficient (Wildman–Crippen LogP) is 4.07. The molecule has 8 nitrogen and oxygen atoms in total. The number of pyridine rings is 2. The van der Waals surface area contributed by atoms with Crippen molar-refractivity contribution < 1.29 is 18.4 Å². The highest BCUT2D eigenvalue weighted by atomic mass is 35.5. The number of aromatic nitrogens is 2. The third-order valence-corrected chi connectivity index (χ3v) is 10.1. The van der Waals surface area contributed by atoms with E-state index >= 15 is 0 Å². The second kappa shape index (κ2) is 11.4. The van der Waals surface area contributed by atoms with Gasteiger partial charge in [-0.25, -0.2) is 14.4 Å². The molecule has 2 aromatic rings. The van der Waals surface area contributed by atoms with Gasteiger partial charge in [-0.15, -0.1) is 0 Å². The zero-order chi connectivity index (χ0) is 26.0. The monoisotopic (exact) mass is 551 g/mol. The molecule has 2 atom stereocenters.